The fraction of sp³-hybridized carbons (Fsp3) is 0. The second-order valence-electron chi connectivity index (χ2n) is 12.8. The highest BCUT2D eigenvalue weighted by Crippen LogP contribution is 2.27. The first kappa shape index (κ1) is 32.5. The van der Waals surface area contributed by atoms with Crippen LogP contribution in [-0.4, -0.2) is 0 Å². The van der Waals surface area contributed by atoms with Gasteiger partial charge in [0.15, 0.2) is 0 Å². The predicted molar refractivity (Wildman–Crippen MR) is 217 cm³/mol. The van der Waals surface area contributed by atoms with Crippen molar-refractivity contribution in [1.82, 2.24) is 0 Å². The van der Waals surface area contributed by atoms with Gasteiger partial charge in [0.1, 0.15) is 34.1 Å². The molecule has 0 aliphatic heterocycles. The lowest BCUT2D eigenvalue weighted by Crippen LogP contribution is -2.96. The Kier molecular flexibility index (Phi) is 9.65. The van der Waals surface area contributed by atoms with E-state index in [1.807, 2.05) is 0 Å². The second kappa shape index (κ2) is 15.4. The Balaban J connectivity index is 0.914. The number of benzene rings is 8. The molecule has 0 aromatic heterocycles. The summed E-state index contributed by atoms with van der Waals surface area (Å²) in [5.74, 6) is 0. The van der Waals surface area contributed by atoms with E-state index < -0.39 is 0 Å². The van der Waals surface area contributed by atoms with Crippen LogP contribution in [0, 0.1) is 0 Å². The molecule has 0 bridgehead atoms. The Labute approximate surface area is 305 Å². The minimum atomic E-state index is 1.05. The molecule has 4 N–H and O–H groups in total. The van der Waals surface area contributed by atoms with Crippen LogP contribution in [0.3, 0.4) is 0 Å². The fourth-order valence-electron chi connectivity index (χ4n) is 6.69. The number of quaternary nitrogens is 2. The highest BCUT2D eigenvalue weighted by molar-refractivity contribution is 5.71. The topological polar surface area (TPSA) is 32.9 Å². The molecule has 0 heterocycles. The maximum atomic E-state index is 3.57. The predicted octanol–water partition coefficient (Wildman–Crippen LogP) is 11.2. The Morgan fingerprint density at radius 2 is 0.423 bits per heavy atom. The summed E-state index contributed by atoms with van der Waals surface area (Å²) in [6.07, 6.45) is 0. The van der Waals surface area contributed by atoms with Gasteiger partial charge in [0, 0.05) is 47.0 Å². The van der Waals surface area contributed by atoms with Crippen molar-refractivity contribution in [2.75, 3.05) is 10.6 Å². The van der Waals surface area contributed by atoms with Gasteiger partial charge in [-0.25, -0.2) is 9.80 Å². The summed E-state index contributed by atoms with van der Waals surface area (Å²) in [5.41, 5.74) is 13.7. The first-order valence-corrected chi connectivity index (χ1v) is 17.7. The van der Waals surface area contributed by atoms with Crippen LogP contribution in [0.4, 0.5) is 56.9 Å². The first-order chi connectivity index (χ1) is 25.8. The van der Waals surface area contributed by atoms with E-state index in [-0.39, 0.29) is 0 Å². The van der Waals surface area contributed by atoms with E-state index in [9.17, 15) is 0 Å². The fourth-order valence-corrected chi connectivity index (χ4v) is 6.69. The zero-order valence-corrected chi connectivity index (χ0v) is 28.8. The molecule has 8 aromatic rings. The van der Waals surface area contributed by atoms with E-state index in [0.29, 0.717) is 0 Å². The molecular weight excluding hydrogens is 633 g/mol. The first-order valence-electron chi connectivity index (χ1n) is 17.7. The van der Waals surface area contributed by atoms with Crippen LogP contribution < -0.4 is 20.4 Å². The third kappa shape index (κ3) is 7.54. The van der Waals surface area contributed by atoms with Crippen LogP contribution >= 0.6 is 0 Å². The lowest BCUT2D eigenvalue weighted by molar-refractivity contribution is -0.681. The van der Waals surface area contributed by atoms with Crippen LogP contribution in [0.5, 0.6) is 0 Å². The van der Waals surface area contributed by atoms with Crippen molar-refractivity contribution < 1.29 is 9.80 Å². The zero-order valence-electron chi connectivity index (χ0n) is 28.8. The molecule has 0 spiro atoms. The molecule has 0 radical (unpaired) electrons. The number of hydrogen-bond donors (Lipinski definition) is 4. The third-order valence-electron chi connectivity index (χ3n) is 9.28. The maximum Gasteiger partial charge on any atom is 0.141 e. The van der Waals surface area contributed by atoms with Crippen molar-refractivity contribution in [3.8, 4) is 11.1 Å². The van der Waals surface area contributed by atoms with Gasteiger partial charge in [-0.2, -0.15) is 0 Å². The van der Waals surface area contributed by atoms with Gasteiger partial charge in [0.2, 0.25) is 0 Å². The molecule has 8 aromatic carbocycles. The van der Waals surface area contributed by atoms with Gasteiger partial charge in [-0.1, -0.05) is 97.1 Å². The Morgan fingerprint density at radius 3 is 0.673 bits per heavy atom. The number of rotatable bonds is 11. The highest BCUT2D eigenvalue weighted by Gasteiger charge is 2.19. The molecule has 0 saturated heterocycles. The summed E-state index contributed by atoms with van der Waals surface area (Å²) in [6, 6.07) is 77.0. The van der Waals surface area contributed by atoms with Crippen LogP contribution in [0.25, 0.3) is 11.1 Å². The summed E-state index contributed by atoms with van der Waals surface area (Å²) in [7, 11) is 0. The average molecular weight is 673 g/mol. The summed E-state index contributed by atoms with van der Waals surface area (Å²) >= 11 is 0. The van der Waals surface area contributed by atoms with Gasteiger partial charge in [-0.05, 0) is 108 Å². The zero-order chi connectivity index (χ0) is 35.0. The molecule has 4 nitrogen and oxygen atoms in total. The molecule has 0 aliphatic carbocycles. The number of para-hydroxylation sites is 4. The Morgan fingerprint density at radius 1 is 0.212 bits per heavy atom. The molecule has 250 valence electrons. The molecule has 0 aliphatic rings. The third-order valence-corrected chi connectivity index (χ3v) is 9.28. The monoisotopic (exact) mass is 672 g/mol. The summed E-state index contributed by atoms with van der Waals surface area (Å²) < 4.78 is 0. The summed E-state index contributed by atoms with van der Waals surface area (Å²) in [5, 5.41) is 7.15. The number of hydrogen-bond acceptors (Lipinski definition) is 2. The Hall–Kier alpha value is -6.72. The maximum absolute atomic E-state index is 3.57. The lowest BCUT2D eigenvalue weighted by atomic mass is 10.0. The SMILES string of the molecule is c1ccc([NH+](c2ccccc2)c2ccc(Nc3ccc(-c4ccc(Nc5ccc([NH+](c6ccccc6)c6ccccc6)cc5)cc4)cc3)cc2)cc1. The van der Waals surface area contributed by atoms with Crippen LogP contribution in [0.2, 0.25) is 0 Å². The molecule has 0 fully saturated rings. The van der Waals surface area contributed by atoms with Gasteiger partial charge < -0.3 is 10.6 Å². The largest absolute Gasteiger partial charge is 0.356 e. The summed E-state index contributed by atoms with van der Waals surface area (Å²) in [4.78, 5) is 2.46. The van der Waals surface area contributed by atoms with E-state index >= 15 is 0 Å². The van der Waals surface area contributed by atoms with E-state index in [1.54, 1.807) is 0 Å². The molecule has 52 heavy (non-hydrogen) atoms. The smallest absolute Gasteiger partial charge is 0.141 e. The minimum absolute atomic E-state index is 1.05. The minimum Gasteiger partial charge on any atom is -0.356 e. The second-order valence-corrected chi connectivity index (χ2v) is 12.8. The van der Waals surface area contributed by atoms with Gasteiger partial charge in [0.05, 0.1) is 0 Å². The Bertz CT molecular complexity index is 2040. The highest BCUT2D eigenvalue weighted by atomic mass is 15.1. The van der Waals surface area contributed by atoms with Crippen molar-refractivity contribution in [3.05, 3.63) is 218 Å². The average Bonchev–Trinajstić information content (AvgIpc) is 3.22. The molecular formula is C48H40N4+2. The number of anilines is 4. The van der Waals surface area contributed by atoms with E-state index in [1.165, 1.54) is 55.1 Å². The van der Waals surface area contributed by atoms with E-state index in [2.05, 4.69) is 229 Å². The van der Waals surface area contributed by atoms with Crippen LogP contribution in [-0.2, 0) is 0 Å². The van der Waals surface area contributed by atoms with Crippen molar-refractivity contribution in [1.29, 1.82) is 0 Å². The molecule has 0 unspecified atom stereocenters. The normalized spacial score (nSPS) is 11.0. The quantitative estimate of drug-likeness (QED) is 0.110. The van der Waals surface area contributed by atoms with Crippen molar-refractivity contribution >= 4 is 56.9 Å². The van der Waals surface area contributed by atoms with Gasteiger partial charge in [-0.15, -0.1) is 0 Å². The molecule has 0 atom stereocenters. The van der Waals surface area contributed by atoms with Crippen LogP contribution in [0.15, 0.2) is 218 Å². The standard InChI is InChI=1S/C48H38N4/c1-5-13-43(14-6-1)51(44-15-7-2-8-16-44)47-33-29-41(30-34-47)49-39-25-21-37(22-26-39)38-23-27-40(28-24-38)50-42-31-35-48(36-32-42)52(45-17-9-3-10-18-45)46-19-11-4-12-20-46/h1-36,49-50H/p+2. The summed E-state index contributed by atoms with van der Waals surface area (Å²) in [6.45, 7) is 0. The van der Waals surface area contributed by atoms with Gasteiger partial charge in [-0.3, -0.25) is 0 Å². The van der Waals surface area contributed by atoms with Crippen molar-refractivity contribution in [2.24, 2.45) is 0 Å². The lowest BCUT2D eigenvalue weighted by Gasteiger charge is -2.19. The van der Waals surface area contributed by atoms with Crippen molar-refractivity contribution in [2.45, 2.75) is 0 Å². The van der Waals surface area contributed by atoms with Gasteiger partial charge in [0.25, 0.3) is 0 Å². The van der Waals surface area contributed by atoms with Gasteiger partial charge >= 0.3 is 0 Å². The molecule has 4 heteroatoms. The number of nitrogens with one attached hydrogen (secondary N) is 4. The molecule has 8 rings (SSSR count). The van der Waals surface area contributed by atoms with Crippen LogP contribution in [0.1, 0.15) is 0 Å². The van der Waals surface area contributed by atoms with E-state index in [0.717, 1.165) is 22.7 Å². The molecule has 0 saturated carbocycles. The van der Waals surface area contributed by atoms with Crippen molar-refractivity contribution in [3.63, 3.8) is 0 Å². The van der Waals surface area contributed by atoms with E-state index in [4.69, 9.17) is 0 Å². The molecule has 0 amide bonds.